The Morgan fingerprint density at radius 3 is 2.25 bits per heavy atom. The quantitative estimate of drug-likeness (QED) is 0.539. The second-order valence-electron chi connectivity index (χ2n) is 2.75. The van der Waals surface area contributed by atoms with Crippen molar-refractivity contribution in [2.45, 2.75) is 13.0 Å². The average Bonchev–Trinajstić information content (AvgIpc) is 2.05. The van der Waals surface area contributed by atoms with Crippen LogP contribution in [-0.4, -0.2) is 0 Å². The first-order valence-electron chi connectivity index (χ1n) is 3.76. The van der Waals surface area contributed by atoms with Crippen LogP contribution in [0.4, 0.5) is 0 Å². The molecule has 0 radical (unpaired) electrons. The van der Waals surface area contributed by atoms with E-state index >= 15 is 0 Å². The number of quaternary nitrogens is 1. The van der Waals surface area contributed by atoms with E-state index in [4.69, 9.17) is 0 Å². The van der Waals surface area contributed by atoms with Gasteiger partial charge in [-0.15, -0.1) is 0 Å². The molecule has 0 fully saturated rings. The van der Waals surface area contributed by atoms with Crippen molar-refractivity contribution in [2.24, 2.45) is 0 Å². The SMILES string of the molecule is C=C[C@H]([NH3+])c1ccc(C)cc1.[Cl-]. The van der Waals surface area contributed by atoms with E-state index in [0.717, 1.165) is 0 Å². The fraction of sp³-hybridized carbons (Fsp3) is 0.200. The molecule has 1 nitrogen and oxygen atoms in total. The van der Waals surface area contributed by atoms with E-state index in [1.807, 2.05) is 6.08 Å². The van der Waals surface area contributed by atoms with Gasteiger partial charge in [-0.05, 0) is 13.0 Å². The van der Waals surface area contributed by atoms with E-state index in [2.05, 4.69) is 43.5 Å². The van der Waals surface area contributed by atoms with Crippen molar-refractivity contribution in [1.82, 2.24) is 0 Å². The van der Waals surface area contributed by atoms with Crippen LogP contribution in [0.5, 0.6) is 0 Å². The van der Waals surface area contributed by atoms with Gasteiger partial charge in [0.2, 0.25) is 0 Å². The van der Waals surface area contributed by atoms with Crippen LogP contribution in [0.15, 0.2) is 36.9 Å². The number of hydrogen-bond donors (Lipinski definition) is 1. The minimum absolute atomic E-state index is 0. The zero-order valence-electron chi connectivity index (χ0n) is 7.26. The molecule has 0 aromatic heterocycles. The maximum atomic E-state index is 3.94. The predicted molar refractivity (Wildman–Crippen MR) is 47.0 cm³/mol. The van der Waals surface area contributed by atoms with Crippen LogP contribution in [-0.2, 0) is 0 Å². The summed E-state index contributed by atoms with van der Waals surface area (Å²) in [6.45, 7) is 5.78. The van der Waals surface area contributed by atoms with Crippen LogP contribution in [0.1, 0.15) is 17.2 Å². The Bertz CT molecular complexity index is 241. The van der Waals surface area contributed by atoms with Gasteiger partial charge in [0.15, 0.2) is 0 Å². The van der Waals surface area contributed by atoms with Crippen molar-refractivity contribution >= 4 is 0 Å². The van der Waals surface area contributed by atoms with Gasteiger partial charge in [0.25, 0.3) is 0 Å². The van der Waals surface area contributed by atoms with E-state index in [-0.39, 0.29) is 18.4 Å². The smallest absolute Gasteiger partial charge is 0.128 e. The predicted octanol–water partition coefficient (Wildman–Crippen LogP) is -1.53. The molecule has 0 saturated carbocycles. The van der Waals surface area contributed by atoms with Crippen LogP contribution in [0.2, 0.25) is 0 Å². The normalized spacial score (nSPS) is 11.5. The number of halogens is 1. The summed E-state index contributed by atoms with van der Waals surface area (Å²) in [6.07, 6.45) is 1.85. The summed E-state index contributed by atoms with van der Waals surface area (Å²) in [5.41, 5.74) is 6.45. The van der Waals surface area contributed by atoms with E-state index in [1.165, 1.54) is 11.1 Å². The van der Waals surface area contributed by atoms with E-state index in [9.17, 15) is 0 Å². The average molecular weight is 184 g/mol. The highest BCUT2D eigenvalue weighted by Gasteiger charge is 2.01. The van der Waals surface area contributed by atoms with Gasteiger partial charge in [-0.25, -0.2) is 0 Å². The van der Waals surface area contributed by atoms with Crippen molar-refractivity contribution in [3.8, 4) is 0 Å². The van der Waals surface area contributed by atoms with E-state index < -0.39 is 0 Å². The topological polar surface area (TPSA) is 27.6 Å². The van der Waals surface area contributed by atoms with Crippen LogP contribution in [0.3, 0.4) is 0 Å². The second kappa shape index (κ2) is 4.96. The van der Waals surface area contributed by atoms with Gasteiger partial charge in [-0.1, -0.05) is 36.4 Å². The first kappa shape index (κ1) is 11.2. The Balaban J connectivity index is 0.00000121. The van der Waals surface area contributed by atoms with Gasteiger partial charge in [0, 0.05) is 5.56 Å². The second-order valence-corrected chi connectivity index (χ2v) is 2.75. The third-order valence-electron chi connectivity index (χ3n) is 1.79. The molecule has 1 rings (SSSR count). The van der Waals surface area contributed by atoms with Crippen molar-refractivity contribution in [2.75, 3.05) is 0 Å². The summed E-state index contributed by atoms with van der Waals surface area (Å²) in [6, 6.07) is 8.59. The lowest BCUT2D eigenvalue weighted by molar-refractivity contribution is -0.409. The Kier molecular flexibility index (Phi) is 4.64. The molecule has 0 bridgehead atoms. The first-order chi connectivity index (χ1) is 5.24. The summed E-state index contributed by atoms with van der Waals surface area (Å²) in [4.78, 5) is 0. The summed E-state index contributed by atoms with van der Waals surface area (Å²) in [5.74, 6) is 0. The first-order valence-corrected chi connectivity index (χ1v) is 3.76. The fourth-order valence-corrected chi connectivity index (χ4v) is 0.950. The molecular weight excluding hydrogens is 170 g/mol. The molecule has 0 saturated heterocycles. The minimum Gasteiger partial charge on any atom is -1.00 e. The van der Waals surface area contributed by atoms with Crippen LogP contribution in [0.25, 0.3) is 0 Å². The van der Waals surface area contributed by atoms with E-state index in [0.29, 0.717) is 0 Å². The van der Waals surface area contributed by atoms with Crippen molar-refractivity contribution in [3.63, 3.8) is 0 Å². The summed E-state index contributed by atoms with van der Waals surface area (Å²) >= 11 is 0. The summed E-state index contributed by atoms with van der Waals surface area (Å²) in [5, 5.41) is 0. The number of hydrogen-bond acceptors (Lipinski definition) is 0. The highest BCUT2D eigenvalue weighted by Crippen LogP contribution is 2.09. The lowest BCUT2D eigenvalue weighted by Gasteiger charge is -2.02. The molecule has 0 aliphatic carbocycles. The molecule has 0 aliphatic heterocycles. The van der Waals surface area contributed by atoms with Crippen molar-refractivity contribution < 1.29 is 18.1 Å². The molecule has 66 valence electrons. The highest BCUT2D eigenvalue weighted by molar-refractivity contribution is 5.24. The standard InChI is InChI=1S/C10H13N.ClH/c1-3-10(11)9-6-4-8(2)5-7-9;/h3-7,10H,1,11H2,2H3;1H/t10-;/m0./s1. The van der Waals surface area contributed by atoms with Crippen molar-refractivity contribution in [1.29, 1.82) is 0 Å². The molecule has 0 aliphatic rings. The van der Waals surface area contributed by atoms with Gasteiger partial charge >= 0.3 is 0 Å². The van der Waals surface area contributed by atoms with Gasteiger partial charge in [-0.2, -0.15) is 0 Å². The Hall–Kier alpha value is -0.790. The minimum atomic E-state index is 0. The molecule has 12 heavy (non-hydrogen) atoms. The maximum absolute atomic E-state index is 3.94. The van der Waals surface area contributed by atoms with E-state index in [1.54, 1.807) is 0 Å². The number of aryl methyl sites for hydroxylation is 1. The summed E-state index contributed by atoms with van der Waals surface area (Å²) < 4.78 is 0. The third-order valence-corrected chi connectivity index (χ3v) is 1.79. The molecule has 0 unspecified atom stereocenters. The lowest BCUT2D eigenvalue weighted by Crippen LogP contribution is -3.00. The van der Waals surface area contributed by atoms with Crippen LogP contribution < -0.4 is 18.1 Å². The number of rotatable bonds is 2. The molecular formula is C10H14ClN. The molecule has 0 amide bonds. The molecule has 2 heteroatoms. The van der Waals surface area contributed by atoms with Gasteiger partial charge in [-0.3, -0.25) is 0 Å². The molecule has 1 atom stereocenters. The van der Waals surface area contributed by atoms with Gasteiger partial charge < -0.3 is 18.1 Å². The zero-order valence-corrected chi connectivity index (χ0v) is 8.01. The largest absolute Gasteiger partial charge is 1.00 e. The zero-order chi connectivity index (χ0) is 8.27. The number of benzene rings is 1. The Labute approximate surface area is 79.7 Å². The molecule has 1 aromatic carbocycles. The molecule has 0 heterocycles. The fourth-order valence-electron chi connectivity index (χ4n) is 0.950. The molecule has 3 N–H and O–H groups in total. The Morgan fingerprint density at radius 2 is 1.83 bits per heavy atom. The lowest BCUT2D eigenvalue weighted by atomic mass is 10.1. The van der Waals surface area contributed by atoms with Gasteiger partial charge in [0.1, 0.15) is 6.04 Å². The Morgan fingerprint density at radius 1 is 1.33 bits per heavy atom. The van der Waals surface area contributed by atoms with Crippen molar-refractivity contribution in [3.05, 3.63) is 48.0 Å². The third kappa shape index (κ3) is 2.68. The maximum Gasteiger partial charge on any atom is 0.128 e. The summed E-state index contributed by atoms with van der Waals surface area (Å²) in [7, 11) is 0. The molecule has 1 aromatic rings. The molecule has 0 spiro atoms. The van der Waals surface area contributed by atoms with Gasteiger partial charge in [0.05, 0.1) is 0 Å². The van der Waals surface area contributed by atoms with Crippen LogP contribution in [0, 0.1) is 6.92 Å². The van der Waals surface area contributed by atoms with Crippen LogP contribution >= 0.6 is 0 Å². The monoisotopic (exact) mass is 183 g/mol. The highest BCUT2D eigenvalue weighted by atomic mass is 35.5.